The molecule has 6 nitrogen and oxygen atoms in total. The van der Waals surface area contributed by atoms with Gasteiger partial charge in [0, 0.05) is 50.9 Å². The SMILES string of the molecule is COc1ccc(C=CCN2C[C@H]3COC[C@@H]2CN(C(=O)CCc2cccnc2)C3)cc1. The summed E-state index contributed by atoms with van der Waals surface area (Å²) in [6.07, 6.45) is 9.23. The monoisotopic (exact) mass is 421 g/mol. The Hall–Kier alpha value is -2.70. The number of fused-ring (bicyclic) bond motifs is 3. The molecule has 164 valence electrons. The summed E-state index contributed by atoms with van der Waals surface area (Å²) >= 11 is 0. The Labute approximate surface area is 184 Å². The van der Waals surface area contributed by atoms with Crippen LogP contribution in [0.3, 0.4) is 0 Å². The number of amides is 1. The van der Waals surface area contributed by atoms with Gasteiger partial charge in [-0.15, -0.1) is 0 Å². The summed E-state index contributed by atoms with van der Waals surface area (Å²) in [5, 5.41) is 0. The van der Waals surface area contributed by atoms with Gasteiger partial charge in [0.05, 0.1) is 26.4 Å². The molecule has 0 spiro atoms. The Bertz CT molecular complexity index is 869. The Morgan fingerprint density at radius 2 is 2.06 bits per heavy atom. The third-order valence-corrected chi connectivity index (χ3v) is 6.05. The summed E-state index contributed by atoms with van der Waals surface area (Å²) in [6, 6.07) is 12.2. The molecule has 2 aromatic rings. The van der Waals surface area contributed by atoms with Gasteiger partial charge in [-0.2, -0.15) is 0 Å². The first-order chi connectivity index (χ1) is 15.2. The summed E-state index contributed by atoms with van der Waals surface area (Å²) in [4.78, 5) is 21.6. The first-order valence-corrected chi connectivity index (χ1v) is 11.0. The first-order valence-electron chi connectivity index (χ1n) is 11.0. The Kier molecular flexibility index (Phi) is 7.33. The molecule has 2 aliphatic rings. The Balaban J connectivity index is 1.34. The van der Waals surface area contributed by atoms with Gasteiger partial charge in [-0.05, 0) is 35.7 Å². The van der Waals surface area contributed by atoms with Crippen LogP contribution in [0, 0.1) is 5.92 Å². The lowest BCUT2D eigenvalue weighted by Gasteiger charge is -2.31. The number of carbonyl (C=O) groups excluding carboxylic acids is 1. The predicted molar refractivity (Wildman–Crippen MR) is 121 cm³/mol. The van der Waals surface area contributed by atoms with Crippen molar-refractivity contribution in [2.75, 3.05) is 46.5 Å². The van der Waals surface area contributed by atoms with Gasteiger partial charge in [0.1, 0.15) is 5.75 Å². The van der Waals surface area contributed by atoms with Crippen molar-refractivity contribution in [1.29, 1.82) is 0 Å². The van der Waals surface area contributed by atoms with Crippen LogP contribution in [0.1, 0.15) is 17.5 Å². The molecule has 0 unspecified atom stereocenters. The fourth-order valence-electron chi connectivity index (χ4n) is 4.35. The van der Waals surface area contributed by atoms with Crippen molar-refractivity contribution >= 4 is 12.0 Å². The molecule has 0 radical (unpaired) electrons. The largest absolute Gasteiger partial charge is 0.497 e. The van der Waals surface area contributed by atoms with Crippen LogP contribution in [-0.2, 0) is 16.0 Å². The van der Waals surface area contributed by atoms with Crippen LogP contribution >= 0.6 is 0 Å². The number of ether oxygens (including phenoxy) is 2. The standard InChI is InChI=1S/C25H31N3O3/c1-30-24-9-6-20(7-10-24)5-3-13-27-15-22-16-28(17-23(27)19-31-18-22)25(29)11-8-21-4-2-12-26-14-21/h2-7,9-10,12,14,22-23H,8,11,13,15-19H2,1H3/t22-,23+/m1/s1. The maximum absolute atomic E-state index is 12.9. The molecule has 2 atom stereocenters. The Morgan fingerprint density at radius 1 is 1.19 bits per heavy atom. The van der Waals surface area contributed by atoms with E-state index in [4.69, 9.17) is 9.47 Å². The zero-order valence-electron chi connectivity index (χ0n) is 18.2. The second-order valence-electron chi connectivity index (χ2n) is 8.35. The van der Waals surface area contributed by atoms with Crippen molar-refractivity contribution in [2.45, 2.75) is 18.9 Å². The molecule has 1 aromatic heterocycles. The molecule has 4 rings (SSSR count). The number of carbonyl (C=O) groups is 1. The van der Waals surface area contributed by atoms with Gasteiger partial charge >= 0.3 is 0 Å². The number of aromatic nitrogens is 1. The number of nitrogens with zero attached hydrogens (tertiary/aromatic N) is 3. The normalized spacial score (nSPS) is 21.8. The van der Waals surface area contributed by atoms with Crippen molar-refractivity contribution in [3.63, 3.8) is 0 Å². The van der Waals surface area contributed by atoms with Gasteiger partial charge < -0.3 is 14.4 Å². The third-order valence-electron chi connectivity index (χ3n) is 6.05. The van der Waals surface area contributed by atoms with Gasteiger partial charge in [-0.25, -0.2) is 0 Å². The molecule has 2 fully saturated rings. The van der Waals surface area contributed by atoms with Crippen molar-refractivity contribution in [3.05, 3.63) is 66.0 Å². The maximum atomic E-state index is 12.9. The van der Waals surface area contributed by atoms with Crippen molar-refractivity contribution < 1.29 is 14.3 Å². The fourth-order valence-corrected chi connectivity index (χ4v) is 4.35. The summed E-state index contributed by atoms with van der Waals surface area (Å²) < 4.78 is 11.1. The average molecular weight is 422 g/mol. The second-order valence-corrected chi connectivity index (χ2v) is 8.35. The van der Waals surface area contributed by atoms with Crippen molar-refractivity contribution in [1.82, 2.24) is 14.8 Å². The molecule has 6 heteroatoms. The highest BCUT2D eigenvalue weighted by Gasteiger charge is 2.34. The van der Waals surface area contributed by atoms with Gasteiger partial charge in [0.15, 0.2) is 0 Å². The zero-order chi connectivity index (χ0) is 21.5. The van der Waals surface area contributed by atoms with Crippen LogP contribution in [0.2, 0.25) is 0 Å². The molecule has 31 heavy (non-hydrogen) atoms. The average Bonchev–Trinajstić information content (AvgIpc) is 3.09. The van der Waals surface area contributed by atoms with E-state index in [2.05, 4.69) is 39.1 Å². The van der Waals surface area contributed by atoms with E-state index in [-0.39, 0.29) is 11.9 Å². The minimum atomic E-state index is 0.232. The van der Waals surface area contributed by atoms with E-state index >= 15 is 0 Å². The summed E-state index contributed by atoms with van der Waals surface area (Å²) in [5.74, 6) is 1.45. The number of methoxy groups -OCH3 is 1. The minimum Gasteiger partial charge on any atom is -0.497 e. The van der Waals surface area contributed by atoms with Gasteiger partial charge in [0.2, 0.25) is 5.91 Å². The van der Waals surface area contributed by atoms with Crippen LogP contribution in [0.15, 0.2) is 54.9 Å². The van der Waals surface area contributed by atoms with Crippen molar-refractivity contribution in [3.8, 4) is 5.75 Å². The highest BCUT2D eigenvalue weighted by Crippen LogP contribution is 2.21. The van der Waals surface area contributed by atoms with E-state index in [1.165, 1.54) is 0 Å². The predicted octanol–water partition coefficient (Wildman–Crippen LogP) is 2.90. The van der Waals surface area contributed by atoms with Crippen LogP contribution in [0.25, 0.3) is 6.08 Å². The topological polar surface area (TPSA) is 54.9 Å². The van der Waals surface area contributed by atoms with Crippen LogP contribution < -0.4 is 4.74 Å². The van der Waals surface area contributed by atoms with Crippen LogP contribution in [0.5, 0.6) is 5.75 Å². The fraction of sp³-hybridized carbons (Fsp3) is 0.440. The highest BCUT2D eigenvalue weighted by atomic mass is 16.5. The zero-order valence-corrected chi connectivity index (χ0v) is 18.2. The number of benzene rings is 1. The van der Waals surface area contributed by atoms with Gasteiger partial charge in [0.25, 0.3) is 0 Å². The molecule has 1 aromatic carbocycles. The number of pyridine rings is 1. The van der Waals surface area contributed by atoms with Crippen molar-refractivity contribution in [2.24, 2.45) is 5.92 Å². The molecule has 0 aliphatic carbocycles. The van der Waals surface area contributed by atoms with Crippen LogP contribution in [-0.4, -0.2) is 73.2 Å². The molecule has 2 saturated heterocycles. The maximum Gasteiger partial charge on any atom is 0.222 e. The van der Waals surface area contributed by atoms with Gasteiger partial charge in [-0.1, -0.05) is 30.4 Å². The van der Waals surface area contributed by atoms with E-state index in [9.17, 15) is 4.79 Å². The quantitative estimate of drug-likeness (QED) is 0.688. The smallest absolute Gasteiger partial charge is 0.222 e. The molecule has 3 heterocycles. The molecular weight excluding hydrogens is 390 g/mol. The number of hydrogen-bond acceptors (Lipinski definition) is 5. The second kappa shape index (κ2) is 10.6. The Morgan fingerprint density at radius 3 is 2.84 bits per heavy atom. The number of hydrogen-bond donors (Lipinski definition) is 0. The summed E-state index contributed by atoms with van der Waals surface area (Å²) in [5.41, 5.74) is 2.27. The first kappa shape index (κ1) is 21.5. The summed E-state index contributed by atoms with van der Waals surface area (Å²) in [7, 11) is 1.68. The molecular formula is C25H31N3O3. The van der Waals surface area contributed by atoms with E-state index in [0.717, 1.165) is 56.1 Å². The lowest BCUT2D eigenvalue weighted by atomic mass is 10.1. The molecule has 0 N–H and O–H groups in total. The summed E-state index contributed by atoms with van der Waals surface area (Å²) in [6.45, 7) is 4.74. The lowest BCUT2D eigenvalue weighted by Crippen LogP contribution is -2.45. The number of rotatable bonds is 7. The molecule has 2 bridgehead atoms. The van der Waals surface area contributed by atoms with E-state index in [0.29, 0.717) is 18.9 Å². The minimum absolute atomic E-state index is 0.232. The van der Waals surface area contributed by atoms with E-state index in [1.54, 1.807) is 13.3 Å². The lowest BCUT2D eigenvalue weighted by molar-refractivity contribution is -0.133. The van der Waals surface area contributed by atoms with Gasteiger partial charge in [-0.3, -0.25) is 14.7 Å². The highest BCUT2D eigenvalue weighted by molar-refractivity contribution is 5.76. The van der Waals surface area contributed by atoms with E-state index in [1.807, 2.05) is 30.5 Å². The molecule has 1 amide bonds. The van der Waals surface area contributed by atoms with E-state index < -0.39 is 0 Å². The molecule has 0 saturated carbocycles. The van der Waals surface area contributed by atoms with Crippen LogP contribution in [0.4, 0.5) is 0 Å². The third kappa shape index (κ3) is 5.93. The number of aryl methyl sites for hydroxylation is 1. The molecule has 2 aliphatic heterocycles.